The molecule has 27 heteroatoms. The van der Waals surface area contributed by atoms with Gasteiger partial charge in [0.1, 0.15) is 66.5 Å². The number of rotatable bonds is 15. The predicted octanol–water partition coefficient (Wildman–Crippen LogP) is 3.19. The van der Waals surface area contributed by atoms with Gasteiger partial charge >= 0.3 is 0 Å². The maximum absolute atomic E-state index is 15.4. The number of thiazole rings is 1. The summed E-state index contributed by atoms with van der Waals surface area (Å²) < 4.78 is 0. The molecule has 0 spiro atoms. The van der Waals surface area contributed by atoms with Crippen LogP contribution in [0.5, 0.6) is 0 Å². The molecule has 12 atom stereocenters. The van der Waals surface area contributed by atoms with Gasteiger partial charge in [-0.1, -0.05) is 116 Å². The van der Waals surface area contributed by atoms with E-state index in [1.165, 1.54) is 98.9 Å². The van der Waals surface area contributed by atoms with E-state index in [-0.39, 0.29) is 56.3 Å². The highest BCUT2D eigenvalue weighted by atomic mass is 32.1. The second-order valence-corrected chi connectivity index (χ2v) is 29.1. The Labute approximate surface area is 588 Å². The maximum Gasteiger partial charge on any atom is 0.245 e. The summed E-state index contributed by atoms with van der Waals surface area (Å²) in [7, 11) is 8.44. The van der Waals surface area contributed by atoms with Gasteiger partial charge in [0.25, 0.3) is 0 Å². The number of piperidine rings is 1. The van der Waals surface area contributed by atoms with E-state index in [1.807, 2.05) is 41.5 Å². The first-order chi connectivity index (χ1) is 46.6. The standard InChI is InChI=1S/C72H109N13O13S/c1-42(2)33-52-68(94)83(16)56(36-49-27-21-18-22-28-49)63(89)75-53(38-51-40-99-41-73-51)69(95)84(17)58(35-44(5)6)71(97)79(12)46(9)66(92)82(15)57(37-50-29-23-19-24-30-50)64(90)78-61(48(11)86)65(91)76-54(70(96)85-31-25-20-26-32-85)39-59(87)77-60(45(7)8)72(98)80(13)47(10)67(93)81(14)55(34-43(3)4)62(88)74-52/h18-19,21-24,27-30,40-48,52-58,60-61,86H,20,25-26,31-39H2,1-17H3,(H,74,88)(H,75,89)(H,76,91)(H,77,87)(H,78,90)/t46-,47-,48+,52-,53-,54-,55-,56-,57-,58-,60+,61-/m0/s1. The van der Waals surface area contributed by atoms with Gasteiger partial charge in [-0.15, -0.1) is 11.3 Å². The quantitative estimate of drug-likeness (QED) is 0.127. The van der Waals surface area contributed by atoms with Crippen LogP contribution in [0.2, 0.25) is 0 Å². The minimum Gasteiger partial charge on any atom is -0.391 e. The van der Waals surface area contributed by atoms with Gasteiger partial charge < -0.3 is 66.0 Å². The van der Waals surface area contributed by atoms with Crippen molar-refractivity contribution < 1.29 is 62.6 Å². The highest BCUT2D eigenvalue weighted by Crippen LogP contribution is 2.23. The maximum atomic E-state index is 15.4. The first-order valence-corrected chi connectivity index (χ1v) is 35.5. The molecule has 2 aliphatic rings. The molecule has 2 aromatic carbocycles. The van der Waals surface area contributed by atoms with Crippen LogP contribution < -0.4 is 26.6 Å². The minimum atomic E-state index is -1.78. The summed E-state index contributed by atoms with van der Waals surface area (Å²) in [4.78, 5) is 192. The third-order valence-corrected chi connectivity index (χ3v) is 19.4. The number of aliphatic hydroxyl groups excluding tert-OH is 1. The second kappa shape index (κ2) is 37.7. The molecule has 0 aliphatic carbocycles. The van der Waals surface area contributed by atoms with E-state index in [4.69, 9.17) is 0 Å². The SMILES string of the molecule is CC(C)C[C@@H]1NC(=O)[C@H](CC(C)C)N(C)C(=O)[C@H](C)N(C)C(=O)[C@@H](C(C)C)NC(=O)C[C@@H](C(=O)N2CCCCC2)NC(=O)[C@H]([C@@H](C)O)NC(=O)[C@H](Cc2ccccc2)N(C)C(=O)[C@H](C)N(C)C(=O)[C@H](CC(C)C)N(C)C(=O)[C@H](Cc2cscn2)NC(=O)[C@H](Cc2ccccc2)N(C)C1=O. The van der Waals surface area contributed by atoms with Crippen LogP contribution in [0.1, 0.15) is 138 Å². The van der Waals surface area contributed by atoms with Crippen molar-refractivity contribution in [1.82, 2.24) is 65.9 Å². The van der Waals surface area contributed by atoms with E-state index < -0.39 is 156 Å². The Bertz CT molecular complexity index is 3240. The first kappa shape index (κ1) is 81.3. The molecule has 6 N–H and O–H groups in total. The number of benzene rings is 2. The second-order valence-electron chi connectivity index (χ2n) is 28.4. The van der Waals surface area contributed by atoms with Crippen molar-refractivity contribution in [3.63, 3.8) is 0 Å². The van der Waals surface area contributed by atoms with Gasteiger partial charge in [0, 0.05) is 80.0 Å². The van der Waals surface area contributed by atoms with Crippen molar-refractivity contribution in [1.29, 1.82) is 0 Å². The number of carbonyl (C=O) groups excluding carboxylic acids is 12. The van der Waals surface area contributed by atoms with Crippen LogP contribution in [0.4, 0.5) is 0 Å². The van der Waals surface area contributed by atoms with E-state index in [0.717, 1.165) is 16.2 Å². The Morgan fingerprint density at radius 2 is 0.929 bits per heavy atom. The van der Waals surface area contributed by atoms with Gasteiger partial charge in [0.05, 0.1) is 23.7 Å². The summed E-state index contributed by atoms with van der Waals surface area (Å²) >= 11 is 1.27. The molecule has 3 aromatic rings. The van der Waals surface area contributed by atoms with E-state index in [9.17, 15) is 38.7 Å². The number of likely N-dealkylation sites (tertiary alicyclic amines) is 1. The molecule has 1 aromatic heterocycles. The van der Waals surface area contributed by atoms with Crippen LogP contribution in [0.3, 0.4) is 0 Å². The monoisotopic (exact) mass is 1400 g/mol. The fourth-order valence-corrected chi connectivity index (χ4v) is 13.0. The number of nitrogens with zero attached hydrogens (tertiary/aromatic N) is 8. The van der Waals surface area contributed by atoms with Crippen molar-refractivity contribution in [2.75, 3.05) is 55.4 Å². The van der Waals surface area contributed by atoms with E-state index in [2.05, 4.69) is 31.6 Å². The topological polar surface area (TPSA) is 321 Å². The molecule has 5 rings (SSSR count). The van der Waals surface area contributed by atoms with E-state index >= 15 is 24.0 Å². The van der Waals surface area contributed by atoms with Gasteiger partial charge in [-0.25, -0.2) is 4.98 Å². The first-order valence-electron chi connectivity index (χ1n) is 34.6. The van der Waals surface area contributed by atoms with Gasteiger partial charge in [-0.05, 0) is 94.1 Å². The normalized spacial score (nSPS) is 25.8. The number of aliphatic hydroxyl groups is 1. The molecule has 3 heterocycles. The molecule has 2 fully saturated rings. The van der Waals surface area contributed by atoms with Crippen molar-refractivity contribution >= 4 is 82.2 Å². The molecule has 0 saturated carbocycles. The lowest BCUT2D eigenvalue weighted by Crippen LogP contribution is -2.62. The summed E-state index contributed by atoms with van der Waals surface area (Å²) in [6.07, 6.45) is -0.220. The predicted molar refractivity (Wildman–Crippen MR) is 376 cm³/mol. The van der Waals surface area contributed by atoms with Gasteiger partial charge in [0.2, 0.25) is 70.9 Å². The molecular formula is C72H109N13O13S. The fraction of sp³-hybridized carbons (Fsp3) is 0.625. The number of aromatic nitrogens is 1. The lowest BCUT2D eigenvalue weighted by Gasteiger charge is -2.38. The Balaban J connectivity index is 1.68. The molecule has 99 heavy (non-hydrogen) atoms. The lowest BCUT2D eigenvalue weighted by atomic mass is 9.97. The molecule has 0 bridgehead atoms. The number of likely N-dealkylation sites (N-methyl/N-ethyl adjacent to an activating group) is 6. The summed E-state index contributed by atoms with van der Waals surface area (Å²) in [5.74, 6) is -10.1. The summed E-state index contributed by atoms with van der Waals surface area (Å²) in [5.41, 5.74) is 3.27. The molecule has 0 unspecified atom stereocenters. The van der Waals surface area contributed by atoms with Crippen LogP contribution in [-0.2, 0) is 76.8 Å². The molecule has 546 valence electrons. The van der Waals surface area contributed by atoms with E-state index in [0.29, 0.717) is 42.8 Å². The van der Waals surface area contributed by atoms with Gasteiger partial charge in [0.15, 0.2) is 0 Å². The van der Waals surface area contributed by atoms with Crippen molar-refractivity contribution in [3.8, 4) is 0 Å². The molecule has 0 radical (unpaired) electrons. The Morgan fingerprint density at radius 3 is 1.41 bits per heavy atom. The number of carbonyl (C=O) groups is 12. The average molecular weight is 1400 g/mol. The van der Waals surface area contributed by atoms with Crippen molar-refractivity contribution in [3.05, 3.63) is 88.4 Å². The zero-order chi connectivity index (χ0) is 73.9. The smallest absolute Gasteiger partial charge is 0.245 e. The van der Waals surface area contributed by atoms with Crippen molar-refractivity contribution in [2.45, 2.75) is 213 Å². The van der Waals surface area contributed by atoms with Crippen LogP contribution in [0.25, 0.3) is 0 Å². The summed E-state index contributed by atoms with van der Waals surface area (Å²) in [5, 5.41) is 26.9. The zero-order valence-corrected chi connectivity index (χ0v) is 61.8. The molecular weight excluding hydrogens is 1290 g/mol. The summed E-state index contributed by atoms with van der Waals surface area (Å²) in [6, 6.07) is 2.60. The Hall–Kier alpha value is -8.33. The largest absolute Gasteiger partial charge is 0.391 e. The third kappa shape index (κ3) is 22.6. The lowest BCUT2D eigenvalue weighted by molar-refractivity contribution is -0.152. The van der Waals surface area contributed by atoms with Crippen LogP contribution in [-0.4, -0.2) is 243 Å². The van der Waals surface area contributed by atoms with Crippen LogP contribution >= 0.6 is 11.3 Å². The number of hydrogen-bond donors (Lipinski definition) is 6. The van der Waals surface area contributed by atoms with Gasteiger partial charge in [-0.3, -0.25) is 57.5 Å². The highest BCUT2D eigenvalue weighted by Gasteiger charge is 2.44. The van der Waals surface area contributed by atoms with Crippen LogP contribution in [0, 0.1) is 23.7 Å². The van der Waals surface area contributed by atoms with E-state index in [1.54, 1.807) is 85.4 Å². The van der Waals surface area contributed by atoms with Crippen LogP contribution in [0.15, 0.2) is 71.6 Å². The molecule has 12 amide bonds. The fourth-order valence-electron chi connectivity index (χ4n) is 12.5. The van der Waals surface area contributed by atoms with Gasteiger partial charge in [-0.2, -0.15) is 0 Å². The highest BCUT2D eigenvalue weighted by molar-refractivity contribution is 7.07. The number of amides is 12. The number of hydrogen-bond acceptors (Lipinski definition) is 15. The number of nitrogens with one attached hydrogen (secondary N) is 5. The van der Waals surface area contributed by atoms with Crippen molar-refractivity contribution in [2.24, 2.45) is 23.7 Å². The Kier molecular flexibility index (Phi) is 31.0. The average Bonchev–Trinajstić information content (AvgIpc) is 1.18. The molecule has 26 nitrogen and oxygen atoms in total. The Morgan fingerprint density at radius 1 is 0.485 bits per heavy atom. The third-order valence-electron chi connectivity index (χ3n) is 18.8. The summed E-state index contributed by atoms with van der Waals surface area (Å²) in [6.45, 7) is 19.3. The molecule has 2 saturated heterocycles. The minimum absolute atomic E-state index is 0.0493. The zero-order valence-electron chi connectivity index (χ0n) is 61.0. The molecule has 2 aliphatic heterocycles.